The number of hydrogen-bond donors (Lipinski definition) is 1. The molecule has 7 nitrogen and oxygen atoms in total. The van der Waals surface area contributed by atoms with Gasteiger partial charge < -0.3 is 10.1 Å². The Kier molecular flexibility index (Phi) is 5.05. The molecule has 1 N–H and O–H groups in total. The number of hydrogen-bond acceptors (Lipinski definition) is 5. The monoisotopic (exact) mass is 413 g/mol. The molecule has 4 rings (SSSR count). The van der Waals surface area contributed by atoms with Crippen molar-refractivity contribution in [3.63, 3.8) is 0 Å². The molecule has 0 aliphatic heterocycles. The number of pyridine rings is 1. The second-order valence-electron chi connectivity index (χ2n) is 6.27. The summed E-state index contributed by atoms with van der Waals surface area (Å²) < 4.78 is 42.6. The Morgan fingerprint density at radius 3 is 2.60 bits per heavy atom. The van der Waals surface area contributed by atoms with Gasteiger partial charge in [-0.2, -0.15) is 0 Å². The van der Waals surface area contributed by atoms with Crippen molar-refractivity contribution in [3.05, 3.63) is 72.8 Å². The number of nitrogens with one attached hydrogen (secondary N) is 1. The van der Waals surface area contributed by atoms with Crippen molar-refractivity contribution in [1.82, 2.24) is 19.6 Å². The minimum Gasteiger partial charge on any atom is -0.406 e. The average molecular weight is 413 g/mol. The van der Waals surface area contributed by atoms with Gasteiger partial charge in [0.2, 0.25) is 5.91 Å². The van der Waals surface area contributed by atoms with Crippen LogP contribution >= 0.6 is 0 Å². The maximum atomic E-state index is 12.5. The number of anilines is 1. The van der Waals surface area contributed by atoms with Crippen LogP contribution in [0.2, 0.25) is 0 Å². The van der Waals surface area contributed by atoms with Gasteiger partial charge in [0.15, 0.2) is 11.5 Å². The molecule has 0 saturated heterocycles. The van der Waals surface area contributed by atoms with Gasteiger partial charge in [0.05, 0.1) is 12.0 Å². The summed E-state index contributed by atoms with van der Waals surface area (Å²) in [6.45, 7) is 0. The minimum absolute atomic E-state index is 0.0902. The van der Waals surface area contributed by atoms with Gasteiger partial charge in [-0.1, -0.05) is 18.2 Å². The summed E-state index contributed by atoms with van der Waals surface area (Å²) in [6.07, 6.45) is 1.73. The van der Waals surface area contributed by atoms with Gasteiger partial charge in [-0.05, 0) is 35.4 Å². The molecule has 4 aromatic rings. The molecule has 10 heteroatoms. The summed E-state index contributed by atoms with van der Waals surface area (Å²) in [6, 6.07) is 10.5. The van der Waals surface area contributed by atoms with Gasteiger partial charge in [0, 0.05) is 24.8 Å². The van der Waals surface area contributed by atoms with Crippen LogP contribution in [0.4, 0.5) is 19.0 Å². The number of aromatic nitrogens is 4. The van der Waals surface area contributed by atoms with Crippen molar-refractivity contribution in [2.24, 2.45) is 0 Å². The molecule has 3 aromatic heterocycles. The lowest BCUT2D eigenvalue weighted by Gasteiger charge is -2.10. The molecule has 0 unspecified atom stereocenters. The molecular weight excluding hydrogens is 399 g/mol. The van der Waals surface area contributed by atoms with E-state index in [4.69, 9.17) is 0 Å². The highest BCUT2D eigenvalue weighted by Crippen LogP contribution is 2.33. The van der Waals surface area contributed by atoms with Gasteiger partial charge in [-0.3, -0.25) is 9.78 Å². The smallest absolute Gasteiger partial charge is 0.406 e. The highest BCUT2D eigenvalue weighted by molar-refractivity contribution is 5.98. The molecule has 0 saturated carbocycles. The van der Waals surface area contributed by atoms with E-state index in [1.807, 2.05) is 0 Å². The van der Waals surface area contributed by atoms with Crippen LogP contribution in [-0.2, 0) is 11.2 Å². The van der Waals surface area contributed by atoms with E-state index < -0.39 is 6.36 Å². The largest absolute Gasteiger partial charge is 0.573 e. The van der Waals surface area contributed by atoms with E-state index in [1.165, 1.54) is 28.8 Å². The zero-order chi connectivity index (χ0) is 21.1. The van der Waals surface area contributed by atoms with Gasteiger partial charge in [-0.25, -0.2) is 9.50 Å². The topological polar surface area (TPSA) is 81.4 Å². The molecule has 0 atom stereocenters. The maximum absolute atomic E-state index is 12.5. The third-order valence-corrected chi connectivity index (χ3v) is 4.12. The molecule has 0 radical (unpaired) electrons. The van der Waals surface area contributed by atoms with Crippen molar-refractivity contribution < 1.29 is 22.7 Å². The SMILES string of the molecule is O=C(Cc1cccnc1)Nc1nn2cccnc2c1-c1ccc(OC(F)(F)F)cc1. The molecule has 1 aromatic carbocycles. The molecule has 0 aliphatic carbocycles. The van der Waals surface area contributed by atoms with E-state index in [0.717, 1.165) is 5.56 Å². The zero-order valence-corrected chi connectivity index (χ0v) is 15.3. The number of ether oxygens (including phenoxy) is 1. The summed E-state index contributed by atoms with van der Waals surface area (Å²) in [5.74, 6) is -0.422. The number of fused-ring (bicyclic) bond motifs is 1. The predicted octanol–water partition coefficient (Wildman–Crippen LogP) is 3.87. The lowest BCUT2D eigenvalue weighted by atomic mass is 10.1. The van der Waals surface area contributed by atoms with E-state index in [2.05, 4.69) is 25.1 Å². The maximum Gasteiger partial charge on any atom is 0.573 e. The van der Waals surface area contributed by atoms with Crippen LogP contribution in [0.5, 0.6) is 5.75 Å². The molecule has 0 spiro atoms. The number of amides is 1. The second kappa shape index (κ2) is 7.82. The Balaban J connectivity index is 1.66. The van der Waals surface area contributed by atoms with Crippen LogP contribution in [-0.4, -0.2) is 31.9 Å². The van der Waals surface area contributed by atoms with Crippen molar-refractivity contribution in [1.29, 1.82) is 0 Å². The number of alkyl halides is 3. The molecule has 30 heavy (non-hydrogen) atoms. The van der Waals surface area contributed by atoms with Crippen LogP contribution in [0.25, 0.3) is 16.8 Å². The Labute approximate surface area is 168 Å². The summed E-state index contributed by atoms with van der Waals surface area (Å²) >= 11 is 0. The highest BCUT2D eigenvalue weighted by atomic mass is 19.4. The van der Waals surface area contributed by atoms with Crippen molar-refractivity contribution in [2.45, 2.75) is 12.8 Å². The first kappa shape index (κ1) is 19.4. The number of carbonyl (C=O) groups excluding carboxylic acids is 1. The number of rotatable bonds is 5. The van der Waals surface area contributed by atoms with Gasteiger partial charge in [0.1, 0.15) is 5.75 Å². The molecule has 0 aliphatic rings. The lowest BCUT2D eigenvalue weighted by molar-refractivity contribution is -0.274. The average Bonchev–Trinajstić information content (AvgIpc) is 3.06. The molecule has 0 fully saturated rings. The van der Waals surface area contributed by atoms with Crippen LogP contribution in [0.15, 0.2) is 67.3 Å². The fourth-order valence-electron chi connectivity index (χ4n) is 2.93. The van der Waals surface area contributed by atoms with Crippen molar-refractivity contribution in [3.8, 4) is 16.9 Å². The zero-order valence-electron chi connectivity index (χ0n) is 15.3. The Morgan fingerprint density at radius 2 is 1.90 bits per heavy atom. The van der Waals surface area contributed by atoms with Crippen molar-refractivity contribution in [2.75, 3.05) is 5.32 Å². The van der Waals surface area contributed by atoms with Crippen LogP contribution < -0.4 is 10.1 Å². The minimum atomic E-state index is -4.78. The fourth-order valence-corrected chi connectivity index (χ4v) is 2.93. The van der Waals surface area contributed by atoms with Gasteiger partial charge in [0.25, 0.3) is 0 Å². The van der Waals surface area contributed by atoms with Gasteiger partial charge >= 0.3 is 6.36 Å². The summed E-state index contributed by atoms with van der Waals surface area (Å²) in [4.78, 5) is 20.8. The molecular formula is C20H14F3N5O2. The first-order chi connectivity index (χ1) is 14.4. The van der Waals surface area contributed by atoms with E-state index >= 15 is 0 Å². The van der Waals surface area contributed by atoms with Crippen molar-refractivity contribution >= 4 is 17.4 Å². The highest BCUT2D eigenvalue weighted by Gasteiger charge is 2.31. The second-order valence-corrected chi connectivity index (χ2v) is 6.27. The number of benzene rings is 1. The van der Waals surface area contributed by atoms with Crippen LogP contribution in [0.3, 0.4) is 0 Å². The Hall–Kier alpha value is -3.95. The number of nitrogens with zero attached hydrogens (tertiary/aromatic N) is 4. The van der Waals surface area contributed by atoms with Crippen LogP contribution in [0.1, 0.15) is 5.56 Å². The molecule has 3 heterocycles. The standard InChI is InChI=1S/C20H14F3N5O2/c21-20(22,23)30-15-6-4-14(5-7-15)17-18(27-28-10-2-9-25-19(17)28)26-16(29)11-13-3-1-8-24-12-13/h1-10,12H,11H2,(H,26,27,29). The lowest BCUT2D eigenvalue weighted by Crippen LogP contribution is -2.17. The molecule has 0 bridgehead atoms. The van der Waals surface area contributed by atoms with E-state index in [1.54, 1.807) is 43.0 Å². The number of halogens is 3. The summed E-state index contributed by atoms with van der Waals surface area (Å²) in [5.41, 5.74) is 2.18. The third kappa shape index (κ3) is 4.37. The fraction of sp³-hybridized carbons (Fsp3) is 0.100. The van der Waals surface area contributed by atoms with E-state index in [9.17, 15) is 18.0 Å². The molecule has 152 valence electrons. The number of carbonyl (C=O) groups is 1. The first-order valence-electron chi connectivity index (χ1n) is 8.77. The van der Waals surface area contributed by atoms with E-state index in [-0.39, 0.29) is 23.9 Å². The van der Waals surface area contributed by atoms with Crippen LogP contribution in [0, 0.1) is 0 Å². The predicted molar refractivity (Wildman–Crippen MR) is 102 cm³/mol. The van der Waals surface area contributed by atoms with Gasteiger partial charge in [-0.15, -0.1) is 18.3 Å². The summed E-state index contributed by atoms with van der Waals surface area (Å²) in [7, 11) is 0. The quantitative estimate of drug-likeness (QED) is 0.537. The first-order valence-corrected chi connectivity index (χ1v) is 8.77. The summed E-state index contributed by atoms with van der Waals surface area (Å²) in [5, 5.41) is 7.10. The Bertz CT molecular complexity index is 1170. The molecule has 1 amide bonds. The normalized spacial score (nSPS) is 11.4. The van der Waals surface area contributed by atoms with E-state index in [0.29, 0.717) is 16.8 Å². The third-order valence-electron chi connectivity index (χ3n) is 4.12. The Morgan fingerprint density at radius 1 is 1.10 bits per heavy atom.